The second kappa shape index (κ2) is 8.13. The minimum absolute atomic E-state index is 0.1000. The number of carbonyl (C=O) groups is 2. The zero-order chi connectivity index (χ0) is 15.0. The molecule has 0 aliphatic rings. The minimum atomic E-state index is -0.967. The molecule has 110 valence electrons. The van der Waals surface area contributed by atoms with Gasteiger partial charge in [-0.1, -0.05) is 18.6 Å². The average Bonchev–Trinajstić information content (AvgIpc) is 2.45. The van der Waals surface area contributed by atoms with E-state index in [1.807, 2.05) is 0 Å². The van der Waals surface area contributed by atoms with Gasteiger partial charge in [0.05, 0.1) is 0 Å². The Kier molecular flexibility index (Phi) is 6.48. The minimum Gasteiger partial charge on any atom is -0.507 e. The Morgan fingerprint density at radius 3 is 2.55 bits per heavy atom. The summed E-state index contributed by atoms with van der Waals surface area (Å²) < 4.78 is 0. The standard InChI is InChI=1S/C13H18N2O5/c14-8-4-3-6-10(15)13(18)20-19-12(17)9-5-1-2-7-11(9)16/h1-2,5,7,10,16H,3-4,6,8,14-15H2. The summed E-state index contributed by atoms with van der Waals surface area (Å²) in [5, 5.41) is 9.42. The van der Waals surface area contributed by atoms with Crippen molar-refractivity contribution < 1.29 is 24.5 Å². The van der Waals surface area contributed by atoms with E-state index in [0.29, 0.717) is 19.4 Å². The second-order valence-electron chi connectivity index (χ2n) is 4.18. The van der Waals surface area contributed by atoms with Gasteiger partial charge in [0.15, 0.2) is 0 Å². The Morgan fingerprint density at radius 1 is 1.20 bits per heavy atom. The lowest BCUT2D eigenvalue weighted by Gasteiger charge is -2.09. The highest BCUT2D eigenvalue weighted by atomic mass is 17.2. The fourth-order valence-electron chi connectivity index (χ4n) is 1.46. The molecular formula is C13H18N2O5. The number of unbranched alkanes of at least 4 members (excludes halogenated alkanes) is 1. The predicted molar refractivity (Wildman–Crippen MR) is 70.5 cm³/mol. The van der Waals surface area contributed by atoms with Gasteiger partial charge in [-0.15, -0.1) is 0 Å². The van der Waals surface area contributed by atoms with Crippen LogP contribution in [-0.4, -0.2) is 29.6 Å². The topological polar surface area (TPSA) is 125 Å². The van der Waals surface area contributed by atoms with E-state index in [-0.39, 0.29) is 11.3 Å². The Hall–Kier alpha value is -2.12. The van der Waals surface area contributed by atoms with Crippen molar-refractivity contribution in [3.63, 3.8) is 0 Å². The van der Waals surface area contributed by atoms with Gasteiger partial charge in [-0.2, -0.15) is 0 Å². The molecule has 7 nitrogen and oxygen atoms in total. The molecule has 1 aromatic rings. The van der Waals surface area contributed by atoms with Crippen molar-refractivity contribution in [1.29, 1.82) is 0 Å². The third-order valence-corrected chi connectivity index (χ3v) is 2.60. The maximum atomic E-state index is 11.5. The van der Waals surface area contributed by atoms with E-state index in [1.54, 1.807) is 6.07 Å². The molecule has 20 heavy (non-hydrogen) atoms. The maximum Gasteiger partial charge on any atom is 0.390 e. The number of carbonyl (C=O) groups excluding carboxylic acids is 2. The van der Waals surface area contributed by atoms with E-state index >= 15 is 0 Å². The molecule has 0 amide bonds. The second-order valence-corrected chi connectivity index (χ2v) is 4.18. The van der Waals surface area contributed by atoms with Gasteiger partial charge in [0.1, 0.15) is 17.4 Å². The van der Waals surface area contributed by atoms with Crippen LogP contribution in [0, 0.1) is 0 Å². The van der Waals surface area contributed by atoms with E-state index in [4.69, 9.17) is 11.5 Å². The Bertz CT molecular complexity index is 464. The molecule has 0 aromatic heterocycles. The zero-order valence-corrected chi connectivity index (χ0v) is 11.0. The zero-order valence-electron chi connectivity index (χ0n) is 11.0. The van der Waals surface area contributed by atoms with Gasteiger partial charge in [-0.3, -0.25) is 0 Å². The highest BCUT2D eigenvalue weighted by Crippen LogP contribution is 2.16. The van der Waals surface area contributed by atoms with Crippen LogP contribution >= 0.6 is 0 Å². The van der Waals surface area contributed by atoms with Crippen LogP contribution in [-0.2, 0) is 14.6 Å². The first-order valence-corrected chi connectivity index (χ1v) is 6.22. The summed E-state index contributed by atoms with van der Waals surface area (Å²) in [7, 11) is 0. The number of nitrogens with two attached hydrogens (primary N) is 2. The number of phenols is 1. The molecule has 0 aliphatic heterocycles. The van der Waals surface area contributed by atoms with Crippen molar-refractivity contribution in [3.05, 3.63) is 29.8 Å². The first-order chi connectivity index (χ1) is 9.56. The first-order valence-electron chi connectivity index (χ1n) is 6.22. The van der Waals surface area contributed by atoms with Gasteiger partial charge in [-0.05, 0) is 31.5 Å². The van der Waals surface area contributed by atoms with Crippen molar-refractivity contribution in [2.45, 2.75) is 25.3 Å². The summed E-state index contributed by atoms with van der Waals surface area (Å²) in [5.74, 6) is -2.07. The molecule has 0 bridgehead atoms. The van der Waals surface area contributed by atoms with Gasteiger partial charge in [-0.25, -0.2) is 19.4 Å². The molecule has 0 radical (unpaired) electrons. The van der Waals surface area contributed by atoms with Crippen molar-refractivity contribution in [3.8, 4) is 5.75 Å². The van der Waals surface area contributed by atoms with Crippen molar-refractivity contribution in [2.24, 2.45) is 11.5 Å². The molecule has 1 rings (SSSR count). The summed E-state index contributed by atoms with van der Waals surface area (Å²) in [6.07, 6.45) is 1.82. The summed E-state index contributed by atoms with van der Waals surface area (Å²) in [6.45, 7) is 0.518. The monoisotopic (exact) mass is 282 g/mol. The van der Waals surface area contributed by atoms with Crippen LogP contribution in [0.4, 0.5) is 0 Å². The van der Waals surface area contributed by atoms with Crippen molar-refractivity contribution in [2.75, 3.05) is 6.54 Å². The van der Waals surface area contributed by atoms with Gasteiger partial charge in [0.25, 0.3) is 0 Å². The molecule has 1 unspecified atom stereocenters. The third-order valence-electron chi connectivity index (χ3n) is 2.60. The molecule has 0 saturated heterocycles. The van der Waals surface area contributed by atoms with E-state index in [1.165, 1.54) is 18.2 Å². The van der Waals surface area contributed by atoms with E-state index in [2.05, 4.69) is 9.78 Å². The predicted octanol–water partition coefficient (Wildman–Crippen LogP) is 0.464. The molecule has 0 heterocycles. The molecule has 0 aliphatic carbocycles. The van der Waals surface area contributed by atoms with Crippen molar-refractivity contribution in [1.82, 2.24) is 0 Å². The van der Waals surface area contributed by atoms with Gasteiger partial charge < -0.3 is 16.6 Å². The fraction of sp³-hybridized carbons (Fsp3) is 0.385. The number of hydrogen-bond donors (Lipinski definition) is 3. The molecular weight excluding hydrogens is 264 g/mol. The summed E-state index contributed by atoms with van der Waals surface area (Å²) in [4.78, 5) is 31.7. The summed E-state index contributed by atoms with van der Waals surface area (Å²) in [5.41, 5.74) is 10.8. The van der Waals surface area contributed by atoms with Crippen LogP contribution in [0.15, 0.2) is 24.3 Å². The highest BCUT2D eigenvalue weighted by molar-refractivity contribution is 5.92. The summed E-state index contributed by atoms with van der Waals surface area (Å²) in [6, 6.07) is 4.87. The quantitative estimate of drug-likeness (QED) is 0.393. The van der Waals surface area contributed by atoms with Crippen LogP contribution in [0.2, 0.25) is 0 Å². The fourth-order valence-corrected chi connectivity index (χ4v) is 1.46. The molecule has 1 aromatic carbocycles. The molecule has 1 atom stereocenters. The van der Waals surface area contributed by atoms with Gasteiger partial charge >= 0.3 is 11.9 Å². The Labute approximate surface area is 116 Å². The lowest BCUT2D eigenvalue weighted by molar-refractivity contribution is -0.235. The molecule has 5 N–H and O–H groups in total. The number of rotatable bonds is 6. The lowest BCUT2D eigenvalue weighted by Crippen LogP contribution is -2.33. The van der Waals surface area contributed by atoms with Crippen LogP contribution < -0.4 is 11.5 Å². The third kappa shape index (κ3) is 4.87. The van der Waals surface area contributed by atoms with E-state index in [9.17, 15) is 14.7 Å². The first kappa shape index (κ1) is 15.9. The molecule has 7 heteroatoms. The molecule has 0 saturated carbocycles. The van der Waals surface area contributed by atoms with Crippen LogP contribution in [0.5, 0.6) is 5.75 Å². The van der Waals surface area contributed by atoms with Crippen LogP contribution in [0.1, 0.15) is 29.6 Å². The van der Waals surface area contributed by atoms with E-state index < -0.39 is 18.0 Å². The van der Waals surface area contributed by atoms with Gasteiger partial charge in [0.2, 0.25) is 0 Å². The number of para-hydroxylation sites is 1. The summed E-state index contributed by atoms with van der Waals surface area (Å²) >= 11 is 0. The highest BCUT2D eigenvalue weighted by Gasteiger charge is 2.20. The SMILES string of the molecule is NCCCCC(N)C(=O)OOC(=O)c1ccccc1O. The van der Waals surface area contributed by atoms with Crippen LogP contribution in [0.3, 0.4) is 0 Å². The number of benzene rings is 1. The maximum absolute atomic E-state index is 11.5. The molecule has 0 spiro atoms. The Morgan fingerprint density at radius 2 is 1.90 bits per heavy atom. The average molecular weight is 282 g/mol. The van der Waals surface area contributed by atoms with Gasteiger partial charge in [0, 0.05) is 0 Å². The number of hydrogen-bond acceptors (Lipinski definition) is 7. The van der Waals surface area contributed by atoms with Crippen molar-refractivity contribution >= 4 is 11.9 Å². The number of phenolic OH excluding ortho intramolecular Hbond substituents is 1. The smallest absolute Gasteiger partial charge is 0.390 e. The van der Waals surface area contributed by atoms with E-state index in [0.717, 1.165) is 6.42 Å². The van der Waals surface area contributed by atoms with Crippen LogP contribution in [0.25, 0.3) is 0 Å². The molecule has 0 fully saturated rings. The lowest BCUT2D eigenvalue weighted by atomic mass is 10.1. The number of aromatic hydroxyl groups is 1. The Balaban J connectivity index is 2.41. The largest absolute Gasteiger partial charge is 0.507 e. The normalized spacial score (nSPS) is 11.7.